The summed E-state index contributed by atoms with van der Waals surface area (Å²) in [5, 5.41) is 0. The lowest BCUT2D eigenvalue weighted by atomic mass is 10.1. The first-order valence-corrected chi connectivity index (χ1v) is 4.34. The highest BCUT2D eigenvalue weighted by atomic mass is 19.2. The van der Waals surface area contributed by atoms with Crippen molar-refractivity contribution < 1.29 is 18.3 Å². The fraction of sp³-hybridized carbons (Fsp3) is 0.182. The lowest BCUT2D eigenvalue weighted by Crippen LogP contribution is -1.98. The summed E-state index contributed by atoms with van der Waals surface area (Å²) in [5.41, 5.74) is 5.58. The molecule has 1 rings (SSSR count). The van der Waals surface area contributed by atoms with Gasteiger partial charge in [-0.15, -0.1) is 0 Å². The van der Waals surface area contributed by atoms with Crippen molar-refractivity contribution in [2.45, 2.75) is 6.42 Å². The van der Waals surface area contributed by atoms with Crippen LogP contribution < -0.4 is 5.73 Å². The second kappa shape index (κ2) is 5.12. The first-order chi connectivity index (χ1) is 7.54. The van der Waals surface area contributed by atoms with Crippen molar-refractivity contribution in [3.05, 3.63) is 29.3 Å². The van der Waals surface area contributed by atoms with E-state index in [1.165, 1.54) is 7.11 Å². The van der Waals surface area contributed by atoms with E-state index < -0.39 is 17.6 Å². The quantitative estimate of drug-likeness (QED) is 0.447. The Morgan fingerprint density at radius 3 is 2.69 bits per heavy atom. The van der Waals surface area contributed by atoms with Crippen LogP contribution in [0.3, 0.4) is 0 Å². The number of anilines is 1. The van der Waals surface area contributed by atoms with E-state index >= 15 is 0 Å². The number of hydrogen-bond acceptors (Lipinski definition) is 3. The molecule has 0 fully saturated rings. The second-order valence-corrected chi connectivity index (χ2v) is 2.91. The van der Waals surface area contributed by atoms with Gasteiger partial charge in [0.15, 0.2) is 11.6 Å². The maximum Gasteiger partial charge on any atom is 0.317 e. The molecule has 0 aliphatic rings. The molecule has 3 nitrogen and oxygen atoms in total. The van der Waals surface area contributed by atoms with Crippen LogP contribution in [0, 0.1) is 23.5 Å². The zero-order chi connectivity index (χ0) is 12.1. The summed E-state index contributed by atoms with van der Waals surface area (Å²) in [6, 6.07) is 1.73. The number of benzene rings is 1. The summed E-state index contributed by atoms with van der Waals surface area (Å²) in [6.07, 6.45) is -0.130. The number of ether oxygens (including phenoxy) is 1. The topological polar surface area (TPSA) is 52.3 Å². The van der Waals surface area contributed by atoms with E-state index in [1.54, 1.807) is 0 Å². The van der Waals surface area contributed by atoms with E-state index in [2.05, 4.69) is 16.6 Å². The molecule has 2 N–H and O–H groups in total. The predicted octanol–water partition coefficient (Wildman–Crippen LogP) is 1.46. The molecule has 0 saturated carbocycles. The minimum atomic E-state index is -1.03. The molecule has 1 aromatic rings. The monoisotopic (exact) mass is 225 g/mol. The smallest absolute Gasteiger partial charge is 0.317 e. The third kappa shape index (κ3) is 2.95. The Kier molecular flexibility index (Phi) is 3.84. The van der Waals surface area contributed by atoms with Crippen molar-refractivity contribution in [2.75, 3.05) is 12.8 Å². The Bertz CT molecular complexity index is 475. The first-order valence-electron chi connectivity index (χ1n) is 4.34. The van der Waals surface area contributed by atoms with Gasteiger partial charge in [0, 0.05) is 6.07 Å². The molecule has 5 heteroatoms. The number of rotatable bonds is 1. The van der Waals surface area contributed by atoms with Gasteiger partial charge in [-0.1, -0.05) is 11.8 Å². The maximum absolute atomic E-state index is 12.8. The number of halogens is 2. The van der Waals surface area contributed by atoms with Gasteiger partial charge >= 0.3 is 5.97 Å². The van der Waals surface area contributed by atoms with E-state index in [9.17, 15) is 13.6 Å². The van der Waals surface area contributed by atoms with Crippen LogP contribution in [0.15, 0.2) is 12.1 Å². The Labute approximate surface area is 91.2 Å². The molecule has 0 spiro atoms. The summed E-state index contributed by atoms with van der Waals surface area (Å²) < 4.78 is 29.9. The minimum Gasteiger partial charge on any atom is -0.468 e. The van der Waals surface area contributed by atoms with Crippen molar-refractivity contribution in [1.82, 2.24) is 0 Å². The van der Waals surface area contributed by atoms with Crippen LogP contribution in [-0.4, -0.2) is 13.1 Å². The fourth-order valence-corrected chi connectivity index (χ4v) is 0.954. The molecule has 0 aromatic heterocycles. The molecule has 16 heavy (non-hydrogen) atoms. The predicted molar refractivity (Wildman–Crippen MR) is 54.3 cm³/mol. The average Bonchev–Trinajstić information content (AvgIpc) is 2.25. The van der Waals surface area contributed by atoms with Crippen molar-refractivity contribution in [1.29, 1.82) is 0 Å². The molecule has 0 amide bonds. The van der Waals surface area contributed by atoms with Crippen LogP contribution >= 0.6 is 0 Å². The number of nitrogen functional groups attached to an aromatic ring is 1. The molecule has 0 radical (unpaired) electrons. The Hall–Kier alpha value is -2.09. The van der Waals surface area contributed by atoms with Crippen LogP contribution in [0.4, 0.5) is 14.5 Å². The zero-order valence-corrected chi connectivity index (χ0v) is 8.51. The van der Waals surface area contributed by atoms with Gasteiger partial charge in [0.2, 0.25) is 0 Å². The average molecular weight is 225 g/mol. The SMILES string of the molecule is COC(=O)CC#Cc1cc(F)c(F)cc1N. The number of methoxy groups -OCH3 is 1. The number of carbonyl (C=O) groups is 1. The Balaban J connectivity index is 2.89. The van der Waals surface area contributed by atoms with E-state index in [-0.39, 0.29) is 17.7 Å². The summed E-state index contributed by atoms with van der Waals surface area (Å²) in [7, 11) is 1.23. The zero-order valence-electron chi connectivity index (χ0n) is 8.51. The standard InChI is InChI=1S/C11H9F2NO2/c1-16-11(15)4-2-3-7-5-8(12)9(13)6-10(7)14/h5-6H,4,14H2,1H3. The van der Waals surface area contributed by atoms with E-state index in [1.807, 2.05) is 0 Å². The summed E-state index contributed by atoms with van der Waals surface area (Å²) >= 11 is 0. The van der Waals surface area contributed by atoms with Gasteiger partial charge in [-0.05, 0) is 6.07 Å². The number of esters is 1. The third-order valence-electron chi connectivity index (χ3n) is 1.78. The molecular formula is C11H9F2NO2. The highest BCUT2D eigenvalue weighted by Crippen LogP contribution is 2.15. The van der Waals surface area contributed by atoms with Crippen molar-refractivity contribution >= 4 is 11.7 Å². The van der Waals surface area contributed by atoms with Gasteiger partial charge in [-0.2, -0.15) is 0 Å². The maximum atomic E-state index is 12.8. The highest BCUT2D eigenvalue weighted by molar-refractivity contribution is 5.72. The fourth-order valence-electron chi connectivity index (χ4n) is 0.954. The Morgan fingerprint density at radius 1 is 1.44 bits per heavy atom. The van der Waals surface area contributed by atoms with Crippen molar-refractivity contribution in [3.8, 4) is 11.8 Å². The van der Waals surface area contributed by atoms with Crippen LogP contribution in [0.25, 0.3) is 0 Å². The van der Waals surface area contributed by atoms with Crippen LogP contribution in [0.1, 0.15) is 12.0 Å². The van der Waals surface area contributed by atoms with Crippen molar-refractivity contribution in [2.24, 2.45) is 0 Å². The van der Waals surface area contributed by atoms with Crippen molar-refractivity contribution in [3.63, 3.8) is 0 Å². The lowest BCUT2D eigenvalue weighted by molar-refractivity contribution is -0.139. The van der Waals surface area contributed by atoms with Gasteiger partial charge in [0.05, 0.1) is 18.4 Å². The van der Waals surface area contributed by atoms with Crippen LogP contribution in [0.2, 0.25) is 0 Å². The van der Waals surface area contributed by atoms with Gasteiger partial charge in [0.25, 0.3) is 0 Å². The van der Waals surface area contributed by atoms with Gasteiger partial charge < -0.3 is 10.5 Å². The largest absolute Gasteiger partial charge is 0.468 e. The molecule has 0 heterocycles. The van der Waals surface area contributed by atoms with E-state index in [0.29, 0.717) is 0 Å². The minimum absolute atomic E-state index is 0.0243. The van der Waals surface area contributed by atoms with Gasteiger partial charge in [0.1, 0.15) is 6.42 Å². The van der Waals surface area contributed by atoms with E-state index in [0.717, 1.165) is 12.1 Å². The van der Waals surface area contributed by atoms with Crippen LogP contribution in [0.5, 0.6) is 0 Å². The molecule has 0 aliphatic heterocycles. The highest BCUT2D eigenvalue weighted by Gasteiger charge is 2.05. The molecule has 0 saturated heterocycles. The molecule has 1 aromatic carbocycles. The number of nitrogens with two attached hydrogens (primary N) is 1. The molecule has 84 valence electrons. The van der Waals surface area contributed by atoms with Crippen LogP contribution in [-0.2, 0) is 9.53 Å². The number of hydrogen-bond donors (Lipinski definition) is 1. The number of carbonyl (C=O) groups excluding carboxylic acids is 1. The normalized spacial score (nSPS) is 9.19. The molecule has 0 aliphatic carbocycles. The molecule has 0 atom stereocenters. The molecule has 0 unspecified atom stereocenters. The summed E-state index contributed by atoms with van der Waals surface area (Å²) in [5.74, 6) is 2.34. The second-order valence-electron chi connectivity index (χ2n) is 2.91. The van der Waals surface area contributed by atoms with Gasteiger partial charge in [-0.3, -0.25) is 4.79 Å². The molecular weight excluding hydrogens is 216 g/mol. The lowest BCUT2D eigenvalue weighted by Gasteiger charge is -1.99. The third-order valence-corrected chi connectivity index (χ3v) is 1.78. The summed E-state index contributed by atoms with van der Waals surface area (Å²) in [6.45, 7) is 0. The Morgan fingerprint density at radius 2 is 2.06 bits per heavy atom. The summed E-state index contributed by atoms with van der Waals surface area (Å²) in [4.78, 5) is 10.7. The van der Waals surface area contributed by atoms with E-state index in [4.69, 9.17) is 5.73 Å². The molecule has 0 bridgehead atoms. The first kappa shape index (κ1) is 12.0. The van der Waals surface area contributed by atoms with Gasteiger partial charge in [-0.25, -0.2) is 8.78 Å².